The van der Waals surface area contributed by atoms with Crippen LogP contribution < -0.4 is 5.32 Å². The fraction of sp³-hybridized carbons (Fsp3) is 0.667. The van der Waals surface area contributed by atoms with E-state index in [1.807, 2.05) is 0 Å². The summed E-state index contributed by atoms with van der Waals surface area (Å²) < 4.78 is 6.20. The quantitative estimate of drug-likeness (QED) is 0.865. The summed E-state index contributed by atoms with van der Waals surface area (Å²) >= 11 is 0. The van der Waals surface area contributed by atoms with Gasteiger partial charge in [0, 0.05) is 6.61 Å². The highest BCUT2D eigenvalue weighted by Crippen LogP contribution is 2.37. The van der Waals surface area contributed by atoms with Crippen LogP contribution in [0.5, 0.6) is 0 Å². The van der Waals surface area contributed by atoms with Crippen molar-refractivity contribution in [2.24, 2.45) is 0 Å². The van der Waals surface area contributed by atoms with Gasteiger partial charge in [0.1, 0.15) is 0 Å². The Morgan fingerprint density at radius 2 is 1.90 bits per heavy atom. The molecule has 1 aromatic carbocycles. The first-order valence-corrected chi connectivity index (χ1v) is 8.01. The molecule has 2 rings (SSSR count). The molecule has 0 aromatic heterocycles. The largest absolute Gasteiger partial charge is 0.373 e. The molecule has 1 aliphatic rings. The summed E-state index contributed by atoms with van der Waals surface area (Å²) in [6, 6.07) is 7.15. The normalized spacial score (nSPS) is 24.6. The van der Waals surface area contributed by atoms with Gasteiger partial charge in [-0.15, -0.1) is 0 Å². The van der Waals surface area contributed by atoms with E-state index >= 15 is 0 Å². The molecule has 2 nitrogen and oxygen atoms in total. The van der Waals surface area contributed by atoms with Crippen LogP contribution >= 0.6 is 0 Å². The first-order chi connectivity index (χ1) is 9.55. The standard InChI is InChI=1S/C18H29NO/c1-5-9-19-17(18(4)8-6-7-10-20-18)16-12-14(2)11-15(3)13-16/h11-13,17,19H,5-10H2,1-4H3. The Bertz CT molecular complexity index is 415. The first kappa shape index (κ1) is 15.5. The molecule has 0 saturated carbocycles. The molecule has 0 amide bonds. The maximum atomic E-state index is 6.20. The minimum atomic E-state index is -0.0757. The second-order valence-corrected chi connectivity index (χ2v) is 6.43. The van der Waals surface area contributed by atoms with E-state index in [0.29, 0.717) is 6.04 Å². The average Bonchev–Trinajstić information content (AvgIpc) is 2.38. The van der Waals surface area contributed by atoms with Gasteiger partial charge in [0.2, 0.25) is 0 Å². The number of aryl methyl sites for hydroxylation is 2. The SMILES string of the molecule is CCCNC(c1cc(C)cc(C)c1)C1(C)CCCCO1. The van der Waals surface area contributed by atoms with Crippen molar-refractivity contribution < 1.29 is 4.74 Å². The molecule has 112 valence electrons. The van der Waals surface area contributed by atoms with Crippen molar-refractivity contribution in [1.29, 1.82) is 0 Å². The Balaban J connectivity index is 2.30. The Labute approximate surface area is 123 Å². The highest BCUT2D eigenvalue weighted by atomic mass is 16.5. The van der Waals surface area contributed by atoms with Crippen molar-refractivity contribution >= 4 is 0 Å². The third-order valence-corrected chi connectivity index (χ3v) is 4.29. The first-order valence-electron chi connectivity index (χ1n) is 8.01. The molecular weight excluding hydrogens is 246 g/mol. The summed E-state index contributed by atoms with van der Waals surface area (Å²) in [5.41, 5.74) is 3.97. The van der Waals surface area contributed by atoms with Gasteiger partial charge in [0.25, 0.3) is 0 Å². The Hall–Kier alpha value is -0.860. The van der Waals surface area contributed by atoms with Crippen molar-refractivity contribution in [2.75, 3.05) is 13.2 Å². The third kappa shape index (κ3) is 3.62. The van der Waals surface area contributed by atoms with Crippen molar-refractivity contribution in [2.45, 2.75) is 65.0 Å². The average molecular weight is 275 g/mol. The van der Waals surface area contributed by atoms with Crippen LogP contribution in [0.3, 0.4) is 0 Å². The zero-order chi connectivity index (χ0) is 14.6. The van der Waals surface area contributed by atoms with E-state index < -0.39 is 0 Å². The lowest BCUT2D eigenvalue weighted by molar-refractivity contribution is -0.0897. The highest BCUT2D eigenvalue weighted by molar-refractivity contribution is 5.32. The molecule has 0 aliphatic carbocycles. The fourth-order valence-electron chi connectivity index (χ4n) is 3.33. The van der Waals surface area contributed by atoms with Crippen molar-refractivity contribution in [3.05, 3.63) is 34.9 Å². The molecular formula is C18H29NO. The Morgan fingerprint density at radius 3 is 2.45 bits per heavy atom. The van der Waals surface area contributed by atoms with Crippen molar-refractivity contribution in [3.63, 3.8) is 0 Å². The highest BCUT2D eigenvalue weighted by Gasteiger charge is 2.37. The van der Waals surface area contributed by atoms with Gasteiger partial charge in [-0.3, -0.25) is 0 Å². The van der Waals surface area contributed by atoms with E-state index in [0.717, 1.165) is 26.0 Å². The molecule has 2 atom stereocenters. The van der Waals surface area contributed by atoms with E-state index in [2.05, 4.69) is 51.2 Å². The maximum Gasteiger partial charge on any atom is 0.0848 e. The monoisotopic (exact) mass is 275 g/mol. The molecule has 1 saturated heterocycles. The molecule has 1 N–H and O–H groups in total. The lowest BCUT2D eigenvalue weighted by Gasteiger charge is -2.41. The summed E-state index contributed by atoms with van der Waals surface area (Å²) in [5, 5.41) is 3.73. The fourth-order valence-corrected chi connectivity index (χ4v) is 3.33. The van der Waals surface area contributed by atoms with Crippen LogP contribution in [0.1, 0.15) is 62.3 Å². The van der Waals surface area contributed by atoms with E-state index in [9.17, 15) is 0 Å². The molecule has 1 fully saturated rings. The summed E-state index contributed by atoms with van der Waals surface area (Å²) in [6.45, 7) is 10.8. The smallest absolute Gasteiger partial charge is 0.0848 e. The van der Waals surface area contributed by atoms with Gasteiger partial charge in [-0.25, -0.2) is 0 Å². The number of benzene rings is 1. The minimum Gasteiger partial charge on any atom is -0.373 e. The molecule has 2 heteroatoms. The summed E-state index contributed by atoms with van der Waals surface area (Å²) in [4.78, 5) is 0. The predicted octanol–water partition coefficient (Wildman–Crippen LogP) is 4.30. The van der Waals surface area contributed by atoms with Crippen LogP contribution in [0.25, 0.3) is 0 Å². The van der Waals surface area contributed by atoms with Gasteiger partial charge in [-0.2, -0.15) is 0 Å². The van der Waals surface area contributed by atoms with Gasteiger partial charge >= 0.3 is 0 Å². The van der Waals surface area contributed by atoms with Gasteiger partial charge in [-0.1, -0.05) is 36.2 Å². The zero-order valence-corrected chi connectivity index (χ0v) is 13.5. The van der Waals surface area contributed by atoms with Gasteiger partial charge in [-0.05, 0) is 58.6 Å². The minimum absolute atomic E-state index is 0.0757. The zero-order valence-electron chi connectivity index (χ0n) is 13.5. The van der Waals surface area contributed by atoms with Crippen molar-refractivity contribution in [3.8, 4) is 0 Å². The summed E-state index contributed by atoms with van der Waals surface area (Å²) in [7, 11) is 0. The number of rotatable bonds is 5. The predicted molar refractivity (Wildman–Crippen MR) is 85.2 cm³/mol. The second-order valence-electron chi connectivity index (χ2n) is 6.43. The lowest BCUT2D eigenvalue weighted by atomic mass is 9.83. The molecule has 0 spiro atoms. The van der Waals surface area contributed by atoms with Gasteiger partial charge < -0.3 is 10.1 Å². The Morgan fingerprint density at radius 1 is 1.20 bits per heavy atom. The van der Waals surface area contributed by atoms with Crippen LogP contribution in [-0.2, 0) is 4.74 Å². The molecule has 0 bridgehead atoms. The summed E-state index contributed by atoms with van der Waals surface area (Å²) in [5.74, 6) is 0. The topological polar surface area (TPSA) is 21.3 Å². The van der Waals surface area contributed by atoms with Crippen LogP contribution in [0.2, 0.25) is 0 Å². The molecule has 1 aromatic rings. The molecule has 0 radical (unpaired) electrons. The van der Waals surface area contributed by atoms with Crippen molar-refractivity contribution in [1.82, 2.24) is 5.32 Å². The summed E-state index contributed by atoms with van der Waals surface area (Å²) in [6.07, 6.45) is 4.76. The number of ether oxygens (including phenoxy) is 1. The van der Waals surface area contributed by atoms with E-state index in [1.54, 1.807) is 0 Å². The third-order valence-electron chi connectivity index (χ3n) is 4.29. The van der Waals surface area contributed by atoms with Gasteiger partial charge in [0.15, 0.2) is 0 Å². The van der Waals surface area contributed by atoms with Crippen LogP contribution in [0.15, 0.2) is 18.2 Å². The van der Waals surface area contributed by atoms with Crippen LogP contribution in [-0.4, -0.2) is 18.8 Å². The van der Waals surface area contributed by atoms with E-state index in [-0.39, 0.29) is 5.60 Å². The van der Waals surface area contributed by atoms with Crippen LogP contribution in [0, 0.1) is 13.8 Å². The number of hydrogen-bond acceptors (Lipinski definition) is 2. The molecule has 2 unspecified atom stereocenters. The lowest BCUT2D eigenvalue weighted by Crippen LogP contribution is -2.46. The number of nitrogens with one attached hydrogen (secondary N) is 1. The molecule has 1 aliphatic heterocycles. The number of hydrogen-bond donors (Lipinski definition) is 1. The maximum absolute atomic E-state index is 6.20. The molecule has 20 heavy (non-hydrogen) atoms. The molecule has 1 heterocycles. The van der Waals surface area contributed by atoms with E-state index in [1.165, 1.54) is 29.5 Å². The second kappa shape index (κ2) is 6.73. The van der Waals surface area contributed by atoms with E-state index in [4.69, 9.17) is 4.74 Å². The van der Waals surface area contributed by atoms with Gasteiger partial charge in [0.05, 0.1) is 11.6 Å². The Kier molecular flexibility index (Phi) is 5.22. The van der Waals surface area contributed by atoms with Crippen LogP contribution in [0.4, 0.5) is 0 Å².